The molecule has 0 radical (unpaired) electrons. The summed E-state index contributed by atoms with van der Waals surface area (Å²) >= 11 is 0. The molecule has 5 nitrogen and oxygen atoms in total. The number of hydrogen-bond donors (Lipinski definition) is 1. The molecule has 1 heterocycles. The Morgan fingerprint density at radius 2 is 1.96 bits per heavy atom. The summed E-state index contributed by atoms with van der Waals surface area (Å²) < 4.78 is 16.8. The fourth-order valence-corrected chi connectivity index (χ4v) is 3.21. The van der Waals surface area contributed by atoms with E-state index >= 15 is 0 Å². The lowest BCUT2D eigenvalue weighted by atomic mass is 9.95. The molecule has 0 fully saturated rings. The molecular weight excluding hydrogens is 342 g/mol. The zero-order valence-corrected chi connectivity index (χ0v) is 16.3. The van der Waals surface area contributed by atoms with E-state index in [1.807, 2.05) is 63.2 Å². The summed E-state index contributed by atoms with van der Waals surface area (Å²) in [6.45, 7) is 6.35. The molecule has 0 spiro atoms. The van der Waals surface area contributed by atoms with Crippen molar-refractivity contribution in [3.63, 3.8) is 0 Å². The molecule has 1 amide bonds. The van der Waals surface area contributed by atoms with Gasteiger partial charge in [0.05, 0.1) is 25.2 Å². The number of carbonyl (C=O) groups excluding carboxylic acids is 1. The highest BCUT2D eigenvalue weighted by atomic mass is 16.5. The summed E-state index contributed by atoms with van der Waals surface area (Å²) in [6.07, 6.45) is 0.753. The second kappa shape index (κ2) is 8.33. The molecule has 1 aliphatic heterocycles. The number of fused-ring (bicyclic) bond motifs is 1. The van der Waals surface area contributed by atoms with Gasteiger partial charge in [-0.2, -0.15) is 0 Å². The van der Waals surface area contributed by atoms with Crippen molar-refractivity contribution in [2.75, 3.05) is 13.7 Å². The van der Waals surface area contributed by atoms with Crippen LogP contribution in [0.15, 0.2) is 42.5 Å². The molecule has 144 valence electrons. The van der Waals surface area contributed by atoms with Crippen LogP contribution < -0.4 is 19.5 Å². The predicted octanol–water partition coefficient (Wildman–Crippen LogP) is 3.91. The molecule has 0 aliphatic carbocycles. The summed E-state index contributed by atoms with van der Waals surface area (Å²) in [5.41, 5.74) is 2.01. The minimum atomic E-state index is -0.220. The molecule has 2 aromatic carbocycles. The minimum absolute atomic E-state index is 0.00819. The SMILES string of the molecule is COc1ccc2c(c1)CC(C(=O)NC(C)c1cccc(OC(C)C)c1)CO2. The van der Waals surface area contributed by atoms with Gasteiger partial charge in [0.25, 0.3) is 0 Å². The topological polar surface area (TPSA) is 56.8 Å². The zero-order valence-electron chi connectivity index (χ0n) is 16.3. The van der Waals surface area contributed by atoms with Crippen molar-refractivity contribution >= 4 is 5.91 Å². The fourth-order valence-electron chi connectivity index (χ4n) is 3.21. The molecule has 27 heavy (non-hydrogen) atoms. The van der Waals surface area contributed by atoms with Crippen molar-refractivity contribution in [2.24, 2.45) is 5.92 Å². The summed E-state index contributed by atoms with van der Waals surface area (Å²) in [6, 6.07) is 13.4. The molecule has 2 unspecified atom stereocenters. The average molecular weight is 369 g/mol. The van der Waals surface area contributed by atoms with E-state index in [0.29, 0.717) is 13.0 Å². The second-order valence-corrected chi connectivity index (χ2v) is 7.16. The van der Waals surface area contributed by atoms with Gasteiger partial charge in [0, 0.05) is 0 Å². The first kappa shape index (κ1) is 19.1. The number of amides is 1. The third-order valence-electron chi connectivity index (χ3n) is 4.63. The van der Waals surface area contributed by atoms with E-state index in [9.17, 15) is 4.79 Å². The van der Waals surface area contributed by atoms with E-state index in [1.54, 1.807) is 7.11 Å². The van der Waals surface area contributed by atoms with Crippen LogP contribution in [0.3, 0.4) is 0 Å². The van der Waals surface area contributed by atoms with Gasteiger partial charge < -0.3 is 19.5 Å². The molecule has 0 saturated carbocycles. The highest BCUT2D eigenvalue weighted by molar-refractivity contribution is 5.80. The van der Waals surface area contributed by atoms with Crippen molar-refractivity contribution in [2.45, 2.75) is 39.3 Å². The van der Waals surface area contributed by atoms with Gasteiger partial charge in [-0.25, -0.2) is 0 Å². The standard InChI is InChI=1S/C22H27NO4/c1-14(2)27-20-7-5-6-16(11-20)15(3)23-22(24)18-10-17-12-19(25-4)8-9-21(17)26-13-18/h5-9,11-12,14-15,18H,10,13H2,1-4H3,(H,23,24). The van der Waals surface area contributed by atoms with Crippen LogP contribution in [-0.2, 0) is 11.2 Å². The number of benzene rings is 2. The van der Waals surface area contributed by atoms with Gasteiger partial charge in [0.1, 0.15) is 23.9 Å². The maximum Gasteiger partial charge on any atom is 0.227 e. The van der Waals surface area contributed by atoms with Crippen molar-refractivity contribution in [1.29, 1.82) is 0 Å². The Kier molecular flexibility index (Phi) is 5.89. The average Bonchev–Trinajstić information content (AvgIpc) is 2.66. The van der Waals surface area contributed by atoms with Crippen LogP contribution in [0.1, 0.15) is 37.9 Å². The van der Waals surface area contributed by atoms with Crippen LogP contribution in [-0.4, -0.2) is 25.7 Å². The summed E-state index contributed by atoms with van der Waals surface area (Å²) in [5.74, 6) is 2.18. The van der Waals surface area contributed by atoms with E-state index in [0.717, 1.165) is 28.4 Å². The molecule has 1 N–H and O–H groups in total. The Bertz CT molecular complexity index is 803. The third kappa shape index (κ3) is 4.73. The van der Waals surface area contributed by atoms with Gasteiger partial charge >= 0.3 is 0 Å². The molecule has 3 rings (SSSR count). The lowest BCUT2D eigenvalue weighted by molar-refractivity contribution is -0.126. The monoisotopic (exact) mass is 369 g/mol. The lowest BCUT2D eigenvalue weighted by Crippen LogP contribution is -2.38. The molecule has 0 aromatic heterocycles. The van der Waals surface area contributed by atoms with Crippen LogP contribution in [0.2, 0.25) is 0 Å². The van der Waals surface area contributed by atoms with Crippen LogP contribution in [0, 0.1) is 5.92 Å². The van der Waals surface area contributed by atoms with E-state index < -0.39 is 0 Å². The molecule has 0 saturated heterocycles. The minimum Gasteiger partial charge on any atom is -0.497 e. The number of methoxy groups -OCH3 is 1. The van der Waals surface area contributed by atoms with Gasteiger partial charge in [0.2, 0.25) is 5.91 Å². The molecule has 2 atom stereocenters. The first-order valence-electron chi connectivity index (χ1n) is 9.33. The molecular formula is C22H27NO4. The van der Waals surface area contributed by atoms with Crippen LogP contribution >= 0.6 is 0 Å². The number of nitrogens with one attached hydrogen (secondary N) is 1. The van der Waals surface area contributed by atoms with E-state index in [-0.39, 0.29) is 24.0 Å². The normalized spacial score (nSPS) is 16.9. The Balaban J connectivity index is 1.65. The van der Waals surface area contributed by atoms with Gasteiger partial charge in [0.15, 0.2) is 0 Å². The van der Waals surface area contributed by atoms with Crippen LogP contribution in [0.5, 0.6) is 17.2 Å². The van der Waals surface area contributed by atoms with Gasteiger partial charge in [-0.1, -0.05) is 12.1 Å². The third-order valence-corrected chi connectivity index (χ3v) is 4.63. The summed E-state index contributed by atoms with van der Waals surface area (Å²) in [4.78, 5) is 12.8. The Labute approximate surface area is 160 Å². The zero-order chi connectivity index (χ0) is 19.4. The van der Waals surface area contributed by atoms with Crippen molar-refractivity contribution in [3.8, 4) is 17.2 Å². The summed E-state index contributed by atoms with van der Waals surface area (Å²) in [5, 5.41) is 3.10. The first-order chi connectivity index (χ1) is 13.0. The second-order valence-electron chi connectivity index (χ2n) is 7.16. The number of hydrogen-bond acceptors (Lipinski definition) is 4. The Morgan fingerprint density at radius 3 is 2.70 bits per heavy atom. The van der Waals surface area contributed by atoms with Gasteiger partial charge in [-0.3, -0.25) is 4.79 Å². The van der Waals surface area contributed by atoms with E-state index in [2.05, 4.69) is 5.32 Å². The highest BCUT2D eigenvalue weighted by Gasteiger charge is 2.27. The molecule has 1 aliphatic rings. The van der Waals surface area contributed by atoms with E-state index in [1.165, 1.54) is 0 Å². The Morgan fingerprint density at radius 1 is 1.15 bits per heavy atom. The summed E-state index contributed by atoms with van der Waals surface area (Å²) in [7, 11) is 1.63. The van der Waals surface area contributed by atoms with Crippen molar-refractivity contribution in [1.82, 2.24) is 5.32 Å². The molecule has 5 heteroatoms. The quantitative estimate of drug-likeness (QED) is 0.839. The van der Waals surface area contributed by atoms with Crippen LogP contribution in [0.25, 0.3) is 0 Å². The first-order valence-corrected chi connectivity index (χ1v) is 9.33. The fraction of sp³-hybridized carbons (Fsp3) is 0.409. The molecule has 2 aromatic rings. The lowest BCUT2D eigenvalue weighted by Gasteiger charge is -2.26. The van der Waals surface area contributed by atoms with Gasteiger partial charge in [-0.15, -0.1) is 0 Å². The van der Waals surface area contributed by atoms with Crippen molar-refractivity contribution < 1.29 is 19.0 Å². The Hall–Kier alpha value is -2.69. The maximum atomic E-state index is 12.8. The number of rotatable bonds is 6. The van der Waals surface area contributed by atoms with Crippen molar-refractivity contribution in [3.05, 3.63) is 53.6 Å². The van der Waals surface area contributed by atoms with Gasteiger partial charge in [-0.05, 0) is 68.7 Å². The van der Waals surface area contributed by atoms with Crippen LogP contribution in [0.4, 0.5) is 0 Å². The highest BCUT2D eigenvalue weighted by Crippen LogP contribution is 2.31. The maximum absolute atomic E-state index is 12.8. The van der Waals surface area contributed by atoms with E-state index in [4.69, 9.17) is 14.2 Å². The predicted molar refractivity (Wildman–Crippen MR) is 104 cm³/mol. The molecule has 0 bridgehead atoms. The number of ether oxygens (including phenoxy) is 3. The number of carbonyl (C=O) groups is 1. The smallest absolute Gasteiger partial charge is 0.227 e. The largest absolute Gasteiger partial charge is 0.497 e.